The molecule has 1 aliphatic carbocycles. The molecule has 0 spiro atoms. The van der Waals surface area contributed by atoms with Crippen LogP contribution in [0.15, 0.2) is 78.9 Å². The second kappa shape index (κ2) is 13.2. The lowest BCUT2D eigenvalue weighted by molar-refractivity contribution is -0.133. The van der Waals surface area contributed by atoms with Crippen molar-refractivity contribution >= 4 is 23.6 Å². The van der Waals surface area contributed by atoms with Gasteiger partial charge in [-0.05, 0) is 66.6 Å². The molecule has 204 valence electrons. The van der Waals surface area contributed by atoms with Gasteiger partial charge in [-0.2, -0.15) is 0 Å². The Morgan fingerprint density at radius 1 is 0.923 bits per heavy atom. The third-order valence-electron chi connectivity index (χ3n) is 7.59. The Bertz CT molecular complexity index is 1230. The molecular formula is C32H37N3O3S. The van der Waals surface area contributed by atoms with Gasteiger partial charge in [-0.1, -0.05) is 54.6 Å². The van der Waals surface area contributed by atoms with Crippen molar-refractivity contribution in [2.24, 2.45) is 0 Å². The summed E-state index contributed by atoms with van der Waals surface area (Å²) >= 11 is 1.67. The van der Waals surface area contributed by atoms with E-state index in [0.29, 0.717) is 23.3 Å². The van der Waals surface area contributed by atoms with Crippen molar-refractivity contribution in [3.8, 4) is 16.9 Å². The van der Waals surface area contributed by atoms with E-state index < -0.39 is 6.04 Å². The highest BCUT2D eigenvalue weighted by Gasteiger charge is 2.37. The molecule has 5 rings (SSSR count). The average molecular weight is 544 g/mol. The number of hydrogen-bond donors (Lipinski definition) is 2. The molecule has 2 N–H and O–H groups in total. The van der Waals surface area contributed by atoms with Crippen LogP contribution in [0.4, 0.5) is 0 Å². The number of ether oxygens (including phenoxy) is 1. The number of rotatable bonds is 11. The molecule has 1 saturated heterocycles. The van der Waals surface area contributed by atoms with Gasteiger partial charge in [-0.25, -0.2) is 0 Å². The summed E-state index contributed by atoms with van der Waals surface area (Å²) in [5.41, 5.74) is 4.05. The van der Waals surface area contributed by atoms with Gasteiger partial charge >= 0.3 is 0 Å². The lowest BCUT2D eigenvalue weighted by atomic mass is 10.0. The molecule has 39 heavy (non-hydrogen) atoms. The van der Waals surface area contributed by atoms with Crippen molar-refractivity contribution < 1.29 is 14.3 Å². The predicted molar refractivity (Wildman–Crippen MR) is 158 cm³/mol. The summed E-state index contributed by atoms with van der Waals surface area (Å²) in [6.45, 7) is 1.54. The van der Waals surface area contributed by atoms with Gasteiger partial charge in [0, 0.05) is 42.2 Å². The van der Waals surface area contributed by atoms with Crippen LogP contribution in [0.3, 0.4) is 0 Å². The second-order valence-electron chi connectivity index (χ2n) is 10.3. The van der Waals surface area contributed by atoms with E-state index in [-0.39, 0.29) is 11.8 Å². The number of hydrogen-bond acceptors (Lipinski definition) is 5. The van der Waals surface area contributed by atoms with E-state index >= 15 is 0 Å². The monoisotopic (exact) mass is 543 g/mol. The summed E-state index contributed by atoms with van der Waals surface area (Å²) in [6, 6.07) is 25.9. The Morgan fingerprint density at radius 2 is 1.62 bits per heavy atom. The number of nitrogens with one attached hydrogen (secondary N) is 2. The van der Waals surface area contributed by atoms with Crippen LogP contribution in [0.25, 0.3) is 11.1 Å². The van der Waals surface area contributed by atoms with Crippen LogP contribution in [0.5, 0.6) is 5.75 Å². The molecule has 0 bridgehead atoms. The van der Waals surface area contributed by atoms with Crippen LogP contribution in [0.2, 0.25) is 0 Å². The minimum absolute atomic E-state index is 0.0268. The Morgan fingerprint density at radius 3 is 2.31 bits per heavy atom. The molecule has 0 aromatic heterocycles. The molecule has 2 amide bonds. The maximum absolute atomic E-state index is 13.4. The summed E-state index contributed by atoms with van der Waals surface area (Å²) in [5, 5.41) is 6.66. The summed E-state index contributed by atoms with van der Waals surface area (Å²) in [5.74, 6) is 2.48. The third-order valence-corrected chi connectivity index (χ3v) is 8.53. The SMILES string of the molecule is COc1ccc([C@@H]2C[C@H]2NCSC[C@H](NC(=O)c2ccc(-c3ccccc3)cc2)C(=O)N2CCCCC2)cc1. The van der Waals surface area contributed by atoms with E-state index in [9.17, 15) is 9.59 Å². The molecule has 3 aromatic rings. The van der Waals surface area contributed by atoms with Gasteiger partial charge in [0.25, 0.3) is 5.91 Å². The standard InChI is InChI=1S/C32H37N3O3S/c1-38-27-16-14-25(15-17-27)28-20-29(28)33-22-39-21-30(32(37)35-18-6-3-7-19-35)34-31(36)26-12-10-24(11-13-26)23-8-4-2-5-9-23/h2,4-5,8-17,28-30,33H,3,6-7,18-22H2,1H3,(H,34,36)/t28-,29+,30-/m0/s1. The molecule has 2 aliphatic rings. The quantitative estimate of drug-likeness (QED) is 0.253. The van der Waals surface area contributed by atoms with Crippen molar-refractivity contribution in [3.05, 3.63) is 90.0 Å². The molecule has 7 heteroatoms. The number of amides is 2. The number of likely N-dealkylation sites (tertiary alicyclic amines) is 1. The lowest BCUT2D eigenvalue weighted by Crippen LogP contribution is -2.51. The fourth-order valence-corrected chi connectivity index (χ4v) is 6.09. The van der Waals surface area contributed by atoms with Gasteiger partial charge in [0.05, 0.1) is 7.11 Å². The van der Waals surface area contributed by atoms with Crippen molar-refractivity contribution in [1.82, 2.24) is 15.5 Å². The van der Waals surface area contributed by atoms with Gasteiger partial charge in [0.2, 0.25) is 5.91 Å². The maximum Gasteiger partial charge on any atom is 0.251 e. The number of thioether (sulfide) groups is 1. The lowest BCUT2D eigenvalue weighted by Gasteiger charge is -2.30. The highest BCUT2D eigenvalue weighted by Crippen LogP contribution is 2.41. The van der Waals surface area contributed by atoms with Crippen LogP contribution in [0.1, 0.15) is 47.5 Å². The Labute approximate surface area is 235 Å². The first-order valence-electron chi connectivity index (χ1n) is 13.8. The van der Waals surface area contributed by atoms with Crippen LogP contribution in [0, 0.1) is 0 Å². The molecule has 6 nitrogen and oxygen atoms in total. The predicted octanol–water partition coefficient (Wildman–Crippen LogP) is 5.31. The molecule has 0 unspecified atom stereocenters. The zero-order valence-electron chi connectivity index (χ0n) is 22.5. The van der Waals surface area contributed by atoms with Gasteiger partial charge in [0.1, 0.15) is 11.8 Å². The summed E-state index contributed by atoms with van der Waals surface area (Å²) in [7, 11) is 1.68. The molecule has 3 aromatic carbocycles. The summed E-state index contributed by atoms with van der Waals surface area (Å²) < 4.78 is 5.26. The zero-order chi connectivity index (χ0) is 27.0. The molecule has 3 atom stereocenters. The smallest absolute Gasteiger partial charge is 0.251 e. The topological polar surface area (TPSA) is 70.7 Å². The van der Waals surface area contributed by atoms with E-state index in [4.69, 9.17) is 4.74 Å². The normalized spacial score (nSPS) is 19.3. The number of benzene rings is 3. The number of carbonyl (C=O) groups is 2. The minimum atomic E-state index is -0.548. The third kappa shape index (κ3) is 7.22. The van der Waals surface area contributed by atoms with Crippen LogP contribution < -0.4 is 15.4 Å². The summed E-state index contributed by atoms with van der Waals surface area (Å²) in [4.78, 5) is 28.5. The second-order valence-corrected chi connectivity index (χ2v) is 11.3. The average Bonchev–Trinajstić information content (AvgIpc) is 3.79. The van der Waals surface area contributed by atoms with E-state index in [0.717, 1.165) is 61.5 Å². The molecule has 1 heterocycles. The Hall–Kier alpha value is -3.29. The van der Waals surface area contributed by atoms with Gasteiger partial charge in [-0.15, -0.1) is 11.8 Å². The van der Waals surface area contributed by atoms with Gasteiger partial charge in [0.15, 0.2) is 0 Å². The number of carbonyl (C=O) groups excluding carboxylic acids is 2. The largest absolute Gasteiger partial charge is 0.497 e. The first kappa shape index (κ1) is 27.3. The highest BCUT2D eigenvalue weighted by molar-refractivity contribution is 7.99. The fraction of sp³-hybridized carbons (Fsp3) is 0.375. The highest BCUT2D eigenvalue weighted by atomic mass is 32.2. The van der Waals surface area contributed by atoms with E-state index in [1.807, 2.05) is 59.5 Å². The van der Waals surface area contributed by atoms with Crippen molar-refractivity contribution in [1.29, 1.82) is 0 Å². The molecule has 2 fully saturated rings. The molecular weight excluding hydrogens is 506 g/mol. The Kier molecular flexibility index (Phi) is 9.22. The van der Waals surface area contributed by atoms with Crippen LogP contribution >= 0.6 is 11.8 Å². The Balaban J connectivity index is 1.15. The number of piperidine rings is 1. The number of nitrogens with zero attached hydrogens (tertiary/aromatic N) is 1. The molecule has 1 saturated carbocycles. The van der Waals surface area contributed by atoms with E-state index in [2.05, 4.69) is 34.9 Å². The van der Waals surface area contributed by atoms with Crippen molar-refractivity contribution in [2.75, 3.05) is 31.8 Å². The first-order chi connectivity index (χ1) is 19.1. The first-order valence-corrected chi connectivity index (χ1v) is 15.0. The van der Waals surface area contributed by atoms with Crippen molar-refractivity contribution in [2.45, 2.75) is 43.7 Å². The minimum Gasteiger partial charge on any atom is -0.497 e. The van der Waals surface area contributed by atoms with E-state index in [1.165, 1.54) is 5.56 Å². The fourth-order valence-electron chi connectivity index (χ4n) is 5.18. The maximum atomic E-state index is 13.4. The summed E-state index contributed by atoms with van der Waals surface area (Å²) in [6.07, 6.45) is 4.32. The number of methoxy groups -OCH3 is 1. The molecule has 1 aliphatic heterocycles. The van der Waals surface area contributed by atoms with Crippen LogP contribution in [-0.4, -0.2) is 60.6 Å². The molecule has 0 radical (unpaired) electrons. The van der Waals surface area contributed by atoms with Crippen molar-refractivity contribution in [3.63, 3.8) is 0 Å². The zero-order valence-corrected chi connectivity index (χ0v) is 23.3. The van der Waals surface area contributed by atoms with E-state index in [1.54, 1.807) is 18.9 Å². The van der Waals surface area contributed by atoms with Gasteiger partial charge in [-0.3, -0.25) is 9.59 Å². The van der Waals surface area contributed by atoms with Crippen LogP contribution in [-0.2, 0) is 4.79 Å². The van der Waals surface area contributed by atoms with Gasteiger partial charge < -0.3 is 20.3 Å².